The number of amides is 1. The van der Waals surface area contributed by atoms with Gasteiger partial charge in [-0.05, 0) is 48.9 Å². The first-order valence-corrected chi connectivity index (χ1v) is 11.0. The minimum atomic E-state index is -3.86. The van der Waals surface area contributed by atoms with E-state index in [1.165, 1.54) is 24.3 Å². The molecule has 7 heteroatoms. The van der Waals surface area contributed by atoms with Crippen LogP contribution in [-0.2, 0) is 16.6 Å². The molecule has 0 aliphatic rings. The Balaban J connectivity index is 1.87. The fourth-order valence-electron chi connectivity index (χ4n) is 2.88. The lowest BCUT2D eigenvalue weighted by molar-refractivity contribution is 0.0753. The van der Waals surface area contributed by atoms with E-state index in [9.17, 15) is 13.2 Å². The Kier molecular flexibility index (Phi) is 6.56. The second-order valence-corrected chi connectivity index (χ2v) is 8.53. The summed E-state index contributed by atoms with van der Waals surface area (Å²) in [5.41, 5.74) is 1.53. The van der Waals surface area contributed by atoms with Crippen LogP contribution in [0.3, 0.4) is 0 Å². The summed E-state index contributed by atoms with van der Waals surface area (Å²) in [6, 6.07) is 22.1. The van der Waals surface area contributed by atoms with Gasteiger partial charge in [0.1, 0.15) is 0 Å². The highest BCUT2D eigenvalue weighted by molar-refractivity contribution is 7.92. The van der Waals surface area contributed by atoms with Gasteiger partial charge in [0.15, 0.2) is 0 Å². The van der Waals surface area contributed by atoms with Gasteiger partial charge >= 0.3 is 0 Å². The first kappa shape index (κ1) is 20.9. The quantitative estimate of drug-likeness (QED) is 0.587. The van der Waals surface area contributed by atoms with Crippen LogP contribution in [0.5, 0.6) is 0 Å². The van der Waals surface area contributed by atoms with Gasteiger partial charge in [0.05, 0.1) is 16.1 Å². The Labute approximate surface area is 176 Å². The van der Waals surface area contributed by atoms with E-state index in [4.69, 9.17) is 11.6 Å². The van der Waals surface area contributed by atoms with Crippen molar-refractivity contribution in [3.63, 3.8) is 0 Å². The molecule has 0 fully saturated rings. The van der Waals surface area contributed by atoms with Crippen molar-refractivity contribution >= 4 is 33.2 Å². The number of rotatable bonds is 7. The summed E-state index contributed by atoms with van der Waals surface area (Å²) in [5.74, 6) is -0.245. The normalized spacial score (nSPS) is 11.1. The molecule has 150 valence electrons. The molecule has 0 aliphatic heterocycles. The summed E-state index contributed by atoms with van der Waals surface area (Å²) in [6.45, 7) is 2.82. The van der Waals surface area contributed by atoms with E-state index in [1.807, 2.05) is 37.3 Å². The molecule has 29 heavy (non-hydrogen) atoms. The van der Waals surface area contributed by atoms with E-state index in [0.29, 0.717) is 23.7 Å². The van der Waals surface area contributed by atoms with Gasteiger partial charge in [-0.2, -0.15) is 0 Å². The Morgan fingerprint density at radius 2 is 1.55 bits per heavy atom. The summed E-state index contributed by atoms with van der Waals surface area (Å²) >= 11 is 5.84. The maximum Gasteiger partial charge on any atom is 0.261 e. The number of sulfonamides is 1. The van der Waals surface area contributed by atoms with E-state index in [2.05, 4.69) is 4.72 Å². The Hall–Kier alpha value is -2.83. The van der Waals surface area contributed by atoms with E-state index >= 15 is 0 Å². The average molecular weight is 429 g/mol. The number of anilines is 1. The fourth-order valence-corrected chi connectivity index (χ4v) is 4.08. The lowest BCUT2D eigenvalue weighted by Gasteiger charge is -2.22. The highest BCUT2D eigenvalue weighted by atomic mass is 35.5. The monoisotopic (exact) mass is 428 g/mol. The molecule has 0 radical (unpaired) electrons. The number of nitrogens with zero attached hydrogens (tertiary/aromatic N) is 1. The van der Waals surface area contributed by atoms with Crippen LogP contribution >= 0.6 is 11.6 Å². The molecule has 1 N–H and O–H groups in total. The highest BCUT2D eigenvalue weighted by Crippen LogP contribution is 2.23. The van der Waals surface area contributed by atoms with Crippen LogP contribution in [0, 0.1) is 0 Å². The summed E-state index contributed by atoms with van der Waals surface area (Å²) < 4.78 is 28.0. The number of carbonyl (C=O) groups is 1. The summed E-state index contributed by atoms with van der Waals surface area (Å²) in [5, 5.41) is 0.444. The molecule has 0 atom stereocenters. The summed E-state index contributed by atoms with van der Waals surface area (Å²) in [7, 11) is -3.86. The molecular weight excluding hydrogens is 408 g/mol. The zero-order valence-electron chi connectivity index (χ0n) is 15.9. The van der Waals surface area contributed by atoms with Gasteiger partial charge in [0, 0.05) is 18.1 Å². The van der Waals surface area contributed by atoms with Gasteiger partial charge < -0.3 is 4.90 Å². The van der Waals surface area contributed by atoms with Gasteiger partial charge in [-0.25, -0.2) is 8.42 Å². The molecule has 3 aromatic rings. The van der Waals surface area contributed by atoms with Crippen molar-refractivity contribution in [1.82, 2.24) is 4.90 Å². The van der Waals surface area contributed by atoms with Gasteiger partial charge in [0.2, 0.25) is 0 Å². The molecule has 0 saturated carbocycles. The maximum absolute atomic E-state index is 13.1. The van der Waals surface area contributed by atoms with E-state index in [0.717, 1.165) is 5.56 Å². The number of nitrogens with one attached hydrogen (secondary N) is 1. The molecule has 0 unspecified atom stereocenters. The number of halogens is 1. The molecule has 3 rings (SSSR count). The molecule has 5 nitrogen and oxygen atoms in total. The van der Waals surface area contributed by atoms with E-state index in [-0.39, 0.29) is 16.5 Å². The van der Waals surface area contributed by atoms with Crippen LogP contribution in [0.15, 0.2) is 83.8 Å². The van der Waals surface area contributed by atoms with Gasteiger partial charge in [-0.15, -0.1) is 0 Å². The Morgan fingerprint density at radius 3 is 2.21 bits per heavy atom. The largest absolute Gasteiger partial charge is 0.335 e. The lowest BCUT2D eigenvalue weighted by atomic mass is 10.1. The van der Waals surface area contributed by atoms with Gasteiger partial charge in [-0.1, -0.05) is 54.1 Å². The topological polar surface area (TPSA) is 66.5 Å². The van der Waals surface area contributed by atoms with Crippen molar-refractivity contribution in [2.24, 2.45) is 0 Å². The van der Waals surface area contributed by atoms with Crippen LogP contribution in [-0.4, -0.2) is 25.8 Å². The van der Waals surface area contributed by atoms with E-state index in [1.54, 1.807) is 29.2 Å². The molecule has 0 bridgehead atoms. The highest BCUT2D eigenvalue weighted by Gasteiger charge is 2.21. The Bertz CT molecular complexity index is 1080. The van der Waals surface area contributed by atoms with Crippen molar-refractivity contribution < 1.29 is 13.2 Å². The third-order valence-electron chi connectivity index (χ3n) is 4.41. The van der Waals surface area contributed by atoms with Crippen LogP contribution < -0.4 is 4.72 Å². The van der Waals surface area contributed by atoms with Crippen LogP contribution in [0.4, 0.5) is 5.69 Å². The van der Waals surface area contributed by atoms with Crippen molar-refractivity contribution in [2.45, 2.75) is 18.4 Å². The fraction of sp³-hybridized carbons (Fsp3) is 0.136. The SMILES string of the molecule is CCN(Cc1ccccc1)C(=O)c1ccccc1NS(=O)(=O)c1ccc(Cl)cc1. The Morgan fingerprint density at radius 1 is 0.931 bits per heavy atom. The van der Waals surface area contributed by atoms with Crippen molar-refractivity contribution in [1.29, 1.82) is 0 Å². The maximum atomic E-state index is 13.1. The lowest BCUT2D eigenvalue weighted by Crippen LogP contribution is -2.31. The zero-order valence-corrected chi connectivity index (χ0v) is 17.5. The molecule has 3 aromatic carbocycles. The third kappa shape index (κ3) is 5.16. The van der Waals surface area contributed by atoms with E-state index < -0.39 is 10.0 Å². The van der Waals surface area contributed by atoms with Crippen LogP contribution in [0.2, 0.25) is 5.02 Å². The molecule has 0 heterocycles. The molecule has 1 amide bonds. The number of para-hydroxylation sites is 1. The van der Waals surface area contributed by atoms with Crippen molar-refractivity contribution in [3.8, 4) is 0 Å². The number of carbonyl (C=O) groups excluding carboxylic acids is 1. The van der Waals surface area contributed by atoms with Crippen molar-refractivity contribution in [2.75, 3.05) is 11.3 Å². The number of benzene rings is 3. The van der Waals surface area contributed by atoms with Gasteiger partial charge in [0.25, 0.3) is 15.9 Å². The van der Waals surface area contributed by atoms with Crippen LogP contribution in [0.1, 0.15) is 22.8 Å². The smallest absolute Gasteiger partial charge is 0.261 e. The van der Waals surface area contributed by atoms with Crippen molar-refractivity contribution in [3.05, 3.63) is 95.0 Å². The number of hydrogen-bond donors (Lipinski definition) is 1. The zero-order chi connectivity index (χ0) is 20.9. The second-order valence-electron chi connectivity index (χ2n) is 6.41. The van der Waals surface area contributed by atoms with Crippen LogP contribution in [0.25, 0.3) is 0 Å². The molecule has 0 aliphatic carbocycles. The first-order valence-electron chi connectivity index (χ1n) is 9.11. The average Bonchev–Trinajstić information content (AvgIpc) is 2.73. The predicted molar refractivity (Wildman–Crippen MR) is 116 cm³/mol. The molecule has 0 saturated heterocycles. The molecule has 0 aromatic heterocycles. The van der Waals surface area contributed by atoms with Gasteiger partial charge in [-0.3, -0.25) is 9.52 Å². The summed E-state index contributed by atoms with van der Waals surface area (Å²) in [4.78, 5) is 14.9. The molecular formula is C22H21ClN2O3S. The molecule has 0 spiro atoms. The minimum absolute atomic E-state index is 0.0702. The second kappa shape index (κ2) is 9.11. The predicted octanol–water partition coefficient (Wildman–Crippen LogP) is 4.80. The standard InChI is InChI=1S/C22H21ClN2O3S/c1-2-25(16-17-8-4-3-5-9-17)22(26)20-10-6-7-11-21(20)24-29(27,28)19-14-12-18(23)13-15-19/h3-15,24H,2,16H2,1H3. The first-order chi connectivity index (χ1) is 13.9. The number of hydrogen-bond acceptors (Lipinski definition) is 3. The third-order valence-corrected chi connectivity index (χ3v) is 6.04. The summed E-state index contributed by atoms with van der Waals surface area (Å²) in [6.07, 6.45) is 0. The minimum Gasteiger partial charge on any atom is -0.335 e.